The van der Waals surface area contributed by atoms with E-state index in [9.17, 15) is 34.2 Å². The fourth-order valence-electron chi connectivity index (χ4n) is 3.27. The Morgan fingerprint density at radius 3 is 1.97 bits per heavy atom. The van der Waals surface area contributed by atoms with Gasteiger partial charge in [-0.2, -0.15) is 0 Å². The van der Waals surface area contributed by atoms with Gasteiger partial charge in [0.05, 0.1) is 12.6 Å². The molecule has 1 aromatic rings. The highest BCUT2D eigenvalue weighted by molar-refractivity contribution is 5.94. The minimum absolute atomic E-state index is 0.0329. The molecule has 4 amide bonds. The van der Waals surface area contributed by atoms with Crippen LogP contribution in [0.3, 0.4) is 0 Å². The van der Waals surface area contributed by atoms with Crippen LogP contribution in [0.4, 0.5) is 0 Å². The van der Waals surface area contributed by atoms with Crippen LogP contribution in [0, 0.1) is 0 Å². The first kappa shape index (κ1) is 31.8. The lowest BCUT2D eigenvalue weighted by atomic mass is 10.0. The summed E-state index contributed by atoms with van der Waals surface area (Å²) < 4.78 is 0. The molecule has 0 radical (unpaired) electrons. The number of primary amides is 1. The summed E-state index contributed by atoms with van der Waals surface area (Å²) in [4.78, 5) is 64.8. The van der Waals surface area contributed by atoms with E-state index in [1.807, 2.05) is 0 Å². The number of carbonyl (C=O) groups excluding carboxylic acids is 4. The number of benzene rings is 1. The van der Waals surface area contributed by atoms with Crippen LogP contribution in [0.15, 0.2) is 35.3 Å². The first-order chi connectivity index (χ1) is 17.9. The minimum atomic E-state index is -1.48. The van der Waals surface area contributed by atoms with Crippen LogP contribution in [-0.4, -0.2) is 83.1 Å². The first-order valence-electron chi connectivity index (χ1n) is 11.8. The van der Waals surface area contributed by atoms with Crippen molar-refractivity contribution >= 4 is 35.6 Å². The number of nitrogens with one attached hydrogen (secondary N) is 3. The van der Waals surface area contributed by atoms with E-state index < -0.39 is 60.4 Å². The van der Waals surface area contributed by atoms with Gasteiger partial charge in [0.1, 0.15) is 18.1 Å². The van der Waals surface area contributed by atoms with Crippen LogP contribution in [-0.2, 0) is 30.4 Å². The molecule has 1 aromatic carbocycles. The Morgan fingerprint density at radius 2 is 1.42 bits per heavy atom. The summed E-state index contributed by atoms with van der Waals surface area (Å²) >= 11 is 0. The molecule has 4 atom stereocenters. The van der Waals surface area contributed by atoms with Crippen LogP contribution in [0.1, 0.15) is 31.2 Å². The summed E-state index contributed by atoms with van der Waals surface area (Å²) in [5, 5.41) is 26.2. The van der Waals surface area contributed by atoms with Gasteiger partial charge in [-0.1, -0.05) is 30.3 Å². The number of carboxylic acids is 1. The van der Waals surface area contributed by atoms with E-state index in [0.717, 1.165) is 0 Å². The summed E-state index contributed by atoms with van der Waals surface area (Å²) in [5.74, 6) is -4.75. The molecule has 0 heterocycles. The Bertz CT molecular complexity index is 985. The van der Waals surface area contributed by atoms with Crippen LogP contribution >= 0.6 is 0 Å². The molecule has 0 aliphatic carbocycles. The Labute approximate surface area is 219 Å². The molecular formula is C23H36N8O7. The maximum absolute atomic E-state index is 12.9. The van der Waals surface area contributed by atoms with Gasteiger partial charge in [-0.05, 0) is 24.8 Å². The normalized spacial score (nSPS) is 13.7. The van der Waals surface area contributed by atoms with E-state index in [-0.39, 0.29) is 38.2 Å². The standard InChI is InChI=1S/C23H36N8O7/c24-14(7-4-10-28-23(26)27)19(34)31-17(12-32)21(36)29-15(8-9-18(25)33)20(35)30-16(22(37)38)11-13-5-2-1-3-6-13/h1-3,5-6,14-17,32H,4,7-12,24H2,(H2,25,33)(H,29,36)(H,30,35)(H,31,34)(H,37,38)(H4,26,27,28). The molecular weight excluding hydrogens is 500 g/mol. The maximum atomic E-state index is 12.9. The molecule has 0 spiro atoms. The van der Waals surface area contributed by atoms with Gasteiger partial charge in [-0.15, -0.1) is 0 Å². The molecule has 0 aliphatic rings. The van der Waals surface area contributed by atoms with E-state index in [2.05, 4.69) is 20.9 Å². The van der Waals surface area contributed by atoms with Crippen molar-refractivity contribution < 1.29 is 34.2 Å². The number of aliphatic hydroxyl groups excluding tert-OH is 1. The fourth-order valence-corrected chi connectivity index (χ4v) is 3.27. The molecule has 4 unspecified atom stereocenters. The fraction of sp³-hybridized carbons (Fsp3) is 0.478. The van der Waals surface area contributed by atoms with Gasteiger partial charge in [0.2, 0.25) is 23.6 Å². The number of nitrogens with zero attached hydrogens (tertiary/aromatic N) is 1. The van der Waals surface area contributed by atoms with E-state index in [4.69, 9.17) is 22.9 Å². The van der Waals surface area contributed by atoms with Gasteiger partial charge >= 0.3 is 5.97 Å². The molecule has 0 fully saturated rings. The minimum Gasteiger partial charge on any atom is -0.480 e. The predicted octanol–water partition coefficient (Wildman–Crippen LogP) is -3.59. The molecule has 0 saturated heterocycles. The molecule has 210 valence electrons. The van der Waals surface area contributed by atoms with E-state index in [1.54, 1.807) is 30.3 Å². The number of hydrogen-bond donors (Lipinski definition) is 9. The molecule has 0 saturated carbocycles. The zero-order chi connectivity index (χ0) is 28.7. The highest BCUT2D eigenvalue weighted by Crippen LogP contribution is 2.06. The second-order valence-electron chi connectivity index (χ2n) is 8.45. The quantitative estimate of drug-likeness (QED) is 0.0535. The molecule has 1 rings (SSSR count). The van der Waals surface area contributed by atoms with Crippen molar-refractivity contribution in [1.82, 2.24) is 16.0 Å². The molecule has 13 N–H and O–H groups in total. The van der Waals surface area contributed by atoms with Gasteiger partial charge in [0.25, 0.3) is 0 Å². The van der Waals surface area contributed by atoms with Gasteiger partial charge in [0.15, 0.2) is 5.96 Å². The number of amides is 4. The van der Waals surface area contributed by atoms with E-state index >= 15 is 0 Å². The second-order valence-corrected chi connectivity index (χ2v) is 8.45. The van der Waals surface area contributed by atoms with Crippen molar-refractivity contribution in [2.24, 2.45) is 27.9 Å². The summed E-state index contributed by atoms with van der Waals surface area (Å²) in [5.41, 5.74) is 22.1. The van der Waals surface area contributed by atoms with Gasteiger partial charge < -0.3 is 49.1 Å². The zero-order valence-electron chi connectivity index (χ0n) is 20.8. The summed E-state index contributed by atoms with van der Waals surface area (Å²) in [6.07, 6.45) is -0.0169. The van der Waals surface area contributed by atoms with Crippen LogP contribution < -0.4 is 38.9 Å². The Balaban J connectivity index is 2.85. The van der Waals surface area contributed by atoms with Crippen molar-refractivity contribution in [3.63, 3.8) is 0 Å². The van der Waals surface area contributed by atoms with Crippen molar-refractivity contribution in [3.8, 4) is 0 Å². The average Bonchev–Trinajstić information content (AvgIpc) is 2.86. The molecule has 0 aromatic heterocycles. The molecule has 15 nitrogen and oxygen atoms in total. The lowest BCUT2D eigenvalue weighted by molar-refractivity contribution is -0.142. The lowest BCUT2D eigenvalue weighted by Crippen LogP contribution is -2.58. The molecule has 0 bridgehead atoms. The average molecular weight is 537 g/mol. The number of rotatable bonds is 17. The maximum Gasteiger partial charge on any atom is 0.326 e. The zero-order valence-corrected chi connectivity index (χ0v) is 20.8. The Kier molecular flexibility index (Phi) is 13.8. The third-order valence-corrected chi connectivity index (χ3v) is 5.33. The van der Waals surface area contributed by atoms with Crippen molar-refractivity contribution in [1.29, 1.82) is 0 Å². The monoisotopic (exact) mass is 536 g/mol. The molecule has 38 heavy (non-hydrogen) atoms. The van der Waals surface area contributed by atoms with Crippen molar-refractivity contribution in [3.05, 3.63) is 35.9 Å². The van der Waals surface area contributed by atoms with Crippen LogP contribution in [0.2, 0.25) is 0 Å². The number of carboxylic acid groups (broad SMARTS) is 1. The predicted molar refractivity (Wildman–Crippen MR) is 137 cm³/mol. The van der Waals surface area contributed by atoms with E-state index in [0.29, 0.717) is 12.0 Å². The number of aliphatic hydroxyl groups is 1. The largest absolute Gasteiger partial charge is 0.480 e. The topological polar surface area (TPSA) is 278 Å². The number of hydrogen-bond acceptors (Lipinski definition) is 8. The molecule has 0 aliphatic heterocycles. The summed E-state index contributed by atoms with van der Waals surface area (Å²) in [7, 11) is 0. The van der Waals surface area contributed by atoms with Crippen LogP contribution in [0.5, 0.6) is 0 Å². The SMILES string of the molecule is NC(=O)CCC(NC(=O)C(CO)NC(=O)C(N)CCCN=C(N)N)C(=O)NC(Cc1ccccc1)C(=O)O. The van der Waals surface area contributed by atoms with Gasteiger partial charge in [-0.25, -0.2) is 4.79 Å². The summed E-state index contributed by atoms with van der Waals surface area (Å²) in [6.45, 7) is -0.584. The Hall–Kier alpha value is -4.24. The highest BCUT2D eigenvalue weighted by Gasteiger charge is 2.30. The lowest BCUT2D eigenvalue weighted by Gasteiger charge is -2.24. The van der Waals surface area contributed by atoms with Crippen molar-refractivity contribution in [2.75, 3.05) is 13.2 Å². The first-order valence-corrected chi connectivity index (χ1v) is 11.8. The van der Waals surface area contributed by atoms with Crippen molar-refractivity contribution in [2.45, 2.75) is 56.3 Å². The number of carbonyl (C=O) groups is 5. The third-order valence-electron chi connectivity index (χ3n) is 5.33. The number of aliphatic imine (C=N–C) groups is 1. The highest BCUT2D eigenvalue weighted by atomic mass is 16.4. The number of aliphatic carboxylic acids is 1. The van der Waals surface area contributed by atoms with Gasteiger partial charge in [0, 0.05) is 19.4 Å². The van der Waals surface area contributed by atoms with Crippen LogP contribution in [0.25, 0.3) is 0 Å². The summed E-state index contributed by atoms with van der Waals surface area (Å²) in [6, 6.07) is 3.34. The number of nitrogens with two attached hydrogens (primary N) is 4. The number of guanidine groups is 1. The second kappa shape index (κ2) is 16.5. The third kappa shape index (κ3) is 12.1. The van der Waals surface area contributed by atoms with Gasteiger partial charge in [-0.3, -0.25) is 24.2 Å². The van der Waals surface area contributed by atoms with E-state index in [1.165, 1.54) is 0 Å². The Morgan fingerprint density at radius 1 is 0.842 bits per heavy atom. The smallest absolute Gasteiger partial charge is 0.326 e. The molecule has 15 heteroatoms.